The molecule has 1 unspecified atom stereocenters. The first-order valence-electron chi connectivity index (χ1n) is 5.15. The molecular formula is C10H14N2O3. The SMILES string of the molecule is O=C(O)c1cc(CC2CCCCO2)[nH]n1. The van der Waals surface area contributed by atoms with Gasteiger partial charge in [0.25, 0.3) is 0 Å². The average molecular weight is 210 g/mol. The average Bonchev–Trinajstić information content (AvgIpc) is 2.68. The van der Waals surface area contributed by atoms with Crippen LogP contribution >= 0.6 is 0 Å². The van der Waals surface area contributed by atoms with Crippen LogP contribution in [0.3, 0.4) is 0 Å². The first-order valence-corrected chi connectivity index (χ1v) is 5.15. The number of H-pyrrole nitrogens is 1. The van der Waals surface area contributed by atoms with Crippen LogP contribution in [0.5, 0.6) is 0 Å². The van der Waals surface area contributed by atoms with Gasteiger partial charge in [-0.25, -0.2) is 4.79 Å². The van der Waals surface area contributed by atoms with E-state index in [0.29, 0.717) is 0 Å². The standard InChI is InChI=1S/C10H14N2O3/c13-10(14)9-6-7(11-12-9)5-8-3-1-2-4-15-8/h6,8H,1-5H2,(H,11,12)(H,13,14). The molecule has 0 aromatic carbocycles. The maximum Gasteiger partial charge on any atom is 0.356 e. The lowest BCUT2D eigenvalue weighted by Crippen LogP contribution is -2.21. The fourth-order valence-corrected chi connectivity index (χ4v) is 1.79. The number of carbonyl (C=O) groups is 1. The molecule has 1 saturated heterocycles. The molecule has 15 heavy (non-hydrogen) atoms. The summed E-state index contributed by atoms with van der Waals surface area (Å²) in [5, 5.41) is 15.1. The van der Waals surface area contributed by atoms with Gasteiger partial charge in [0, 0.05) is 18.7 Å². The topological polar surface area (TPSA) is 75.2 Å². The second kappa shape index (κ2) is 4.44. The van der Waals surface area contributed by atoms with Crippen molar-refractivity contribution in [2.24, 2.45) is 0 Å². The Morgan fingerprint density at radius 2 is 2.53 bits per heavy atom. The largest absolute Gasteiger partial charge is 0.476 e. The Labute approximate surface area is 87.4 Å². The number of aromatic nitrogens is 2. The number of carboxylic acid groups (broad SMARTS) is 1. The van der Waals surface area contributed by atoms with Crippen molar-refractivity contribution in [3.8, 4) is 0 Å². The summed E-state index contributed by atoms with van der Waals surface area (Å²) in [7, 11) is 0. The fraction of sp³-hybridized carbons (Fsp3) is 0.600. The summed E-state index contributed by atoms with van der Waals surface area (Å²) < 4.78 is 5.56. The number of aromatic carboxylic acids is 1. The van der Waals surface area contributed by atoms with Crippen LogP contribution in [0.1, 0.15) is 35.4 Å². The molecule has 0 amide bonds. The monoisotopic (exact) mass is 210 g/mol. The Bertz CT molecular complexity index is 342. The molecule has 2 heterocycles. The van der Waals surface area contributed by atoms with Crippen LogP contribution < -0.4 is 0 Å². The van der Waals surface area contributed by atoms with Crippen molar-refractivity contribution < 1.29 is 14.6 Å². The van der Waals surface area contributed by atoms with E-state index >= 15 is 0 Å². The van der Waals surface area contributed by atoms with Crippen molar-refractivity contribution in [1.82, 2.24) is 10.2 Å². The third-order valence-electron chi connectivity index (χ3n) is 2.57. The molecule has 2 N–H and O–H groups in total. The first kappa shape index (κ1) is 10.2. The molecule has 2 rings (SSSR count). The highest BCUT2D eigenvalue weighted by molar-refractivity contribution is 5.85. The minimum Gasteiger partial charge on any atom is -0.476 e. The predicted molar refractivity (Wildman–Crippen MR) is 52.8 cm³/mol. The molecular weight excluding hydrogens is 196 g/mol. The number of aromatic amines is 1. The zero-order chi connectivity index (χ0) is 10.7. The summed E-state index contributed by atoms with van der Waals surface area (Å²) in [6.45, 7) is 0.810. The van der Waals surface area contributed by atoms with Gasteiger partial charge in [-0.3, -0.25) is 5.10 Å². The van der Waals surface area contributed by atoms with E-state index in [9.17, 15) is 4.79 Å². The van der Waals surface area contributed by atoms with E-state index in [1.54, 1.807) is 6.07 Å². The Morgan fingerprint density at radius 1 is 1.67 bits per heavy atom. The molecule has 1 atom stereocenters. The normalized spacial score (nSPS) is 21.5. The molecule has 0 spiro atoms. The summed E-state index contributed by atoms with van der Waals surface area (Å²) in [4.78, 5) is 10.6. The molecule has 1 fully saturated rings. The van der Waals surface area contributed by atoms with E-state index in [0.717, 1.165) is 31.6 Å². The molecule has 5 nitrogen and oxygen atoms in total. The molecule has 82 valence electrons. The summed E-state index contributed by atoms with van der Waals surface area (Å²) >= 11 is 0. The highest BCUT2D eigenvalue weighted by atomic mass is 16.5. The third-order valence-corrected chi connectivity index (χ3v) is 2.57. The van der Waals surface area contributed by atoms with Crippen molar-refractivity contribution in [3.63, 3.8) is 0 Å². The second-order valence-corrected chi connectivity index (χ2v) is 3.78. The van der Waals surface area contributed by atoms with E-state index in [-0.39, 0.29) is 11.8 Å². The lowest BCUT2D eigenvalue weighted by molar-refractivity contribution is 0.0162. The number of nitrogens with zero attached hydrogens (tertiary/aromatic N) is 1. The van der Waals surface area contributed by atoms with Gasteiger partial charge in [-0.1, -0.05) is 0 Å². The Kier molecular flexibility index (Phi) is 3.01. The fourth-order valence-electron chi connectivity index (χ4n) is 1.79. The van der Waals surface area contributed by atoms with E-state index in [1.807, 2.05) is 0 Å². The molecule has 1 aromatic rings. The Hall–Kier alpha value is -1.36. The van der Waals surface area contributed by atoms with Crippen LogP contribution in [0.25, 0.3) is 0 Å². The summed E-state index contributed by atoms with van der Waals surface area (Å²) in [5.74, 6) is -0.998. The van der Waals surface area contributed by atoms with Crippen LogP contribution in [-0.4, -0.2) is 34.0 Å². The number of rotatable bonds is 3. The van der Waals surface area contributed by atoms with Crippen molar-refractivity contribution in [2.75, 3.05) is 6.61 Å². The van der Waals surface area contributed by atoms with Gasteiger partial charge in [0.15, 0.2) is 5.69 Å². The van der Waals surface area contributed by atoms with E-state index in [1.165, 1.54) is 6.42 Å². The highest BCUT2D eigenvalue weighted by Gasteiger charge is 2.16. The molecule has 1 aromatic heterocycles. The van der Waals surface area contributed by atoms with Crippen LogP contribution in [0, 0.1) is 0 Å². The molecule has 1 aliphatic heterocycles. The van der Waals surface area contributed by atoms with Crippen molar-refractivity contribution in [2.45, 2.75) is 31.8 Å². The lowest BCUT2D eigenvalue weighted by atomic mass is 10.0. The molecule has 0 bridgehead atoms. The second-order valence-electron chi connectivity index (χ2n) is 3.78. The number of nitrogens with one attached hydrogen (secondary N) is 1. The van der Waals surface area contributed by atoms with Gasteiger partial charge in [0.05, 0.1) is 6.10 Å². The summed E-state index contributed by atoms with van der Waals surface area (Å²) in [5.41, 5.74) is 0.903. The van der Waals surface area contributed by atoms with E-state index < -0.39 is 5.97 Å². The number of hydrogen-bond acceptors (Lipinski definition) is 3. The zero-order valence-electron chi connectivity index (χ0n) is 8.40. The number of carboxylic acids is 1. The van der Waals surface area contributed by atoms with Crippen LogP contribution in [0.4, 0.5) is 0 Å². The van der Waals surface area contributed by atoms with Crippen LogP contribution in [0.2, 0.25) is 0 Å². The van der Waals surface area contributed by atoms with Crippen LogP contribution in [0.15, 0.2) is 6.07 Å². The molecule has 5 heteroatoms. The van der Waals surface area contributed by atoms with Crippen molar-refractivity contribution in [3.05, 3.63) is 17.5 Å². The van der Waals surface area contributed by atoms with Gasteiger partial charge < -0.3 is 9.84 Å². The number of hydrogen-bond donors (Lipinski definition) is 2. The van der Waals surface area contributed by atoms with E-state index in [4.69, 9.17) is 9.84 Å². The van der Waals surface area contributed by atoms with E-state index in [2.05, 4.69) is 10.2 Å². The zero-order valence-corrected chi connectivity index (χ0v) is 8.40. The van der Waals surface area contributed by atoms with Crippen molar-refractivity contribution >= 4 is 5.97 Å². The maximum atomic E-state index is 10.6. The van der Waals surface area contributed by atoms with Gasteiger partial charge in [0.2, 0.25) is 0 Å². The van der Waals surface area contributed by atoms with Gasteiger partial charge in [-0.2, -0.15) is 5.10 Å². The Morgan fingerprint density at radius 3 is 3.13 bits per heavy atom. The molecule has 0 saturated carbocycles. The summed E-state index contributed by atoms with van der Waals surface area (Å²) in [6, 6.07) is 1.57. The van der Waals surface area contributed by atoms with Crippen molar-refractivity contribution in [1.29, 1.82) is 0 Å². The third kappa shape index (κ3) is 2.56. The quantitative estimate of drug-likeness (QED) is 0.786. The smallest absolute Gasteiger partial charge is 0.356 e. The maximum absolute atomic E-state index is 10.6. The van der Waals surface area contributed by atoms with Gasteiger partial charge in [0.1, 0.15) is 0 Å². The molecule has 0 aliphatic carbocycles. The number of ether oxygens (including phenoxy) is 1. The van der Waals surface area contributed by atoms with Gasteiger partial charge in [-0.15, -0.1) is 0 Å². The minimum atomic E-state index is -0.998. The van der Waals surface area contributed by atoms with Gasteiger partial charge in [-0.05, 0) is 25.3 Å². The molecule has 1 aliphatic rings. The Balaban J connectivity index is 1.94. The first-order chi connectivity index (χ1) is 7.25. The summed E-state index contributed by atoms with van der Waals surface area (Å²) in [6.07, 6.45) is 4.28. The lowest BCUT2D eigenvalue weighted by Gasteiger charge is -2.21. The predicted octanol–water partition coefficient (Wildman–Crippen LogP) is 1.22. The van der Waals surface area contributed by atoms with Crippen LogP contribution in [-0.2, 0) is 11.2 Å². The minimum absolute atomic E-state index is 0.0702. The molecule has 0 radical (unpaired) electrons. The van der Waals surface area contributed by atoms with Gasteiger partial charge >= 0.3 is 5.97 Å². The highest BCUT2D eigenvalue weighted by Crippen LogP contribution is 2.16.